The van der Waals surface area contributed by atoms with Crippen LogP contribution in [-0.2, 0) is 10.0 Å². The largest absolute Gasteiger partial charge is 0.338 e. The molecule has 0 heterocycles. The Morgan fingerprint density at radius 2 is 1.74 bits per heavy atom. The number of sulfonamides is 1. The summed E-state index contributed by atoms with van der Waals surface area (Å²) in [5.41, 5.74) is 0.414. The van der Waals surface area contributed by atoms with E-state index < -0.39 is 22.1 Å². The van der Waals surface area contributed by atoms with Gasteiger partial charge >= 0.3 is 12.1 Å². The molecule has 9 heteroatoms. The summed E-state index contributed by atoms with van der Waals surface area (Å²) < 4.78 is 22.6. The number of benzene rings is 1. The summed E-state index contributed by atoms with van der Waals surface area (Å²) in [6.45, 7) is 0. The van der Waals surface area contributed by atoms with Crippen molar-refractivity contribution < 1.29 is 18.0 Å². The number of nitrogens with one attached hydrogen (secondary N) is 2. The lowest BCUT2D eigenvalue weighted by atomic mass is 10.3. The van der Waals surface area contributed by atoms with Crippen LogP contribution < -0.4 is 10.6 Å². The fourth-order valence-electron chi connectivity index (χ4n) is 1.02. The van der Waals surface area contributed by atoms with Crippen LogP contribution in [0.1, 0.15) is 0 Å². The van der Waals surface area contributed by atoms with E-state index >= 15 is 0 Å². The number of hydrogen-bond donors (Lipinski definition) is 2. The van der Waals surface area contributed by atoms with Crippen molar-refractivity contribution in [3.63, 3.8) is 0 Å². The molecule has 1 aromatic rings. The summed E-state index contributed by atoms with van der Waals surface area (Å²) in [6, 6.07) is 4.29. The Bertz CT molecular complexity index is 585. The van der Waals surface area contributed by atoms with Gasteiger partial charge in [-0.1, -0.05) is 11.6 Å². The molecule has 0 saturated carbocycles. The number of carbonyl (C=O) groups excluding carboxylic acids is 2. The molecule has 0 saturated heterocycles. The molecule has 0 aliphatic heterocycles. The normalized spacial score (nSPS) is 10.7. The molecule has 0 aliphatic rings. The number of halogens is 1. The summed E-state index contributed by atoms with van der Waals surface area (Å²) in [6.07, 6.45) is 0.851. The minimum Gasteiger partial charge on any atom is -0.308 e. The fourth-order valence-corrected chi connectivity index (χ4v) is 1.49. The number of urea groups is 2. The number of hydrogen-bond acceptors (Lipinski definition) is 4. The average molecular weight is 306 g/mol. The van der Waals surface area contributed by atoms with Crippen molar-refractivity contribution in [1.82, 2.24) is 9.62 Å². The van der Waals surface area contributed by atoms with Gasteiger partial charge in [0, 0.05) is 17.8 Å². The van der Waals surface area contributed by atoms with Crippen molar-refractivity contribution in [1.29, 1.82) is 0 Å². The summed E-state index contributed by atoms with van der Waals surface area (Å²) in [5.74, 6) is 0. The zero-order valence-electron chi connectivity index (χ0n) is 10.2. The summed E-state index contributed by atoms with van der Waals surface area (Å²) in [7, 11) is -2.66. The van der Waals surface area contributed by atoms with Crippen LogP contribution in [-0.4, -0.2) is 38.1 Å². The first kappa shape index (κ1) is 15.3. The van der Waals surface area contributed by atoms with Gasteiger partial charge in [-0.05, 0) is 24.3 Å². The van der Waals surface area contributed by atoms with Crippen molar-refractivity contribution in [2.45, 2.75) is 0 Å². The highest BCUT2D eigenvalue weighted by molar-refractivity contribution is 7.88. The molecule has 0 aromatic heterocycles. The molecule has 0 aliphatic carbocycles. The Morgan fingerprint density at radius 1 is 1.21 bits per heavy atom. The lowest BCUT2D eigenvalue weighted by molar-refractivity contribution is 0.223. The maximum atomic E-state index is 11.4. The van der Waals surface area contributed by atoms with E-state index in [0.29, 0.717) is 15.0 Å². The molecule has 0 fully saturated rings. The Balaban J connectivity index is 2.61. The van der Waals surface area contributed by atoms with Gasteiger partial charge in [-0.15, -0.1) is 0 Å². The van der Waals surface area contributed by atoms with Crippen molar-refractivity contribution in [2.24, 2.45) is 0 Å². The molecule has 104 valence electrons. The van der Waals surface area contributed by atoms with Crippen LogP contribution in [0.15, 0.2) is 24.3 Å². The van der Waals surface area contributed by atoms with Crippen molar-refractivity contribution >= 4 is 39.4 Å². The molecular formula is C10H12ClN3O4S. The molecule has 1 aromatic carbocycles. The Labute approximate surface area is 115 Å². The maximum Gasteiger partial charge on any atom is 0.338 e. The van der Waals surface area contributed by atoms with Gasteiger partial charge in [0.2, 0.25) is 10.0 Å². The lowest BCUT2D eigenvalue weighted by Crippen LogP contribution is -2.44. The maximum absolute atomic E-state index is 11.4. The van der Waals surface area contributed by atoms with E-state index in [0.717, 1.165) is 13.3 Å². The van der Waals surface area contributed by atoms with Gasteiger partial charge in [-0.25, -0.2) is 22.3 Å². The fraction of sp³-hybridized carbons (Fsp3) is 0.200. The van der Waals surface area contributed by atoms with Crippen LogP contribution in [0.5, 0.6) is 0 Å². The topological polar surface area (TPSA) is 95.6 Å². The van der Waals surface area contributed by atoms with E-state index in [-0.39, 0.29) is 0 Å². The van der Waals surface area contributed by atoms with Crippen LogP contribution in [0, 0.1) is 0 Å². The van der Waals surface area contributed by atoms with Gasteiger partial charge in [0.1, 0.15) is 0 Å². The molecule has 19 heavy (non-hydrogen) atoms. The van der Waals surface area contributed by atoms with E-state index in [2.05, 4.69) is 5.32 Å². The van der Waals surface area contributed by atoms with Crippen LogP contribution in [0.25, 0.3) is 0 Å². The summed E-state index contributed by atoms with van der Waals surface area (Å²) in [4.78, 5) is 22.8. The van der Waals surface area contributed by atoms with Crippen LogP contribution >= 0.6 is 11.6 Å². The second-order valence-electron chi connectivity index (χ2n) is 3.62. The number of anilines is 1. The molecule has 7 nitrogen and oxygen atoms in total. The molecule has 4 amide bonds. The minimum atomic E-state index is -3.70. The van der Waals surface area contributed by atoms with Gasteiger partial charge in [0.25, 0.3) is 0 Å². The zero-order chi connectivity index (χ0) is 14.6. The standard InChI is InChI=1S/C10H12ClN3O4S/c1-14(19(2,17)18)10(16)13-9(15)12-8-5-3-7(11)4-6-8/h3-6H,1-2H3,(H2,12,13,15,16). The number of amides is 4. The monoisotopic (exact) mass is 305 g/mol. The second kappa shape index (κ2) is 5.89. The molecule has 0 spiro atoms. The van der Waals surface area contributed by atoms with E-state index in [1.165, 1.54) is 12.1 Å². The van der Waals surface area contributed by atoms with Gasteiger partial charge in [-0.3, -0.25) is 5.32 Å². The van der Waals surface area contributed by atoms with E-state index in [4.69, 9.17) is 11.6 Å². The zero-order valence-corrected chi connectivity index (χ0v) is 11.7. The quantitative estimate of drug-likeness (QED) is 0.865. The molecule has 0 unspecified atom stereocenters. The van der Waals surface area contributed by atoms with E-state index in [9.17, 15) is 18.0 Å². The Morgan fingerprint density at radius 3 is 2.21 bits per heavy atom. The third-order valence-corrected chi connectivity index (χ3v) is 3.52. The first-order chi connectivity index (χ1) is 8.70. The minimum absolute atomic E-state index is 0.414. The lowest BCUT2D eigenvalue weighted by Gasteiger charge is -2.14. The average Bonchev–Trinajstić information content (AvgIpc) is 2.29. The predicted octanol–water partition coefficient (Wildman–Crippen LogP) is 1.47. The predicted molar refractivity (Wildman–Crippen MR) is 71.6 cm³/mol. The number of nitrogens with zero attached hydrogens (tertiary/aromatic N) is 1. The first-order valence-corrected chi connectivity index (χ1v) is 7.24. The van der Waals surface area contributed by atoms with Gasteiger partial charge in [0.05, 0.1) is 6.26 Å². The number of imide groups is 1. The Kier molecular flexibility index (Phi) is 4.73. The molecule has 0 radical (unpaired) electrons. The van der Waals surface area contributed by atoms with Gasteiger partial charge < -0.3 is 5.32 Å². The molecule has 2 N–H and O–H groups in total. The van der Waals surface area contributed by atoms with Crippen LogP contribution in [0.3, 0.4) is 0 Å². The second-order valence-corrected chi connectivity index (χ2v) is 6.07. The van der Waals surface area contributed by atoms with E-state index in [1.807, 2.05) is 5.32 Å². The third kappa shape index (κ3) is 4.76. The van der Waals surface area contributed by atoms with Crippen molar-refractivity contribution in [3.05, 3.63) is 29.3 Å². The number of rotatable bonds is 2. The first-order valence-electron chi connectivity index (χ1n) is 5.01. The molecule has 0 atom stereocenters. The van der Waals surface area contributed by atoms with Gasteiger partial charge in [0.15, 0.2) is 0 Å². The van der Waals surface area contributed by atoms with E-state index in [1.54, 1.807) is 12.1 Å². The summed E-state index contributed by atoms with van der Waals surface area (Å²) in [5, 5.41) is 4.73. The van der Waals surface area contributed by atoms with Gasteiger partial charge in [-0.2, -0.15) is 0 Å². The van der Waals surface area contributed by atoms with Crippen molar-refractivity contribution in [3.8, 4) is 0 Å². The third-order valence-electron chi connectivity index (χ3n) is 2.11. The highest BCUT2D eigenvalue weighted by Crippen LogP contribution is 2.13. The molecule has 0 bridgehead atoms. The Hall–Kier alpha value is -1.80. The van der Waals surface area contributed by atoms with Crippen molar-refractivity contribution in [2.75, 3.05) is 18.6 Å². The molecule has 1 rings (SSSR count). The smallest absolute Gasteiger partial charge is 0.308 e. The SMILES string of the molecule is CN(C(=O)NC(=O)Nc1ccc(Cl)cc1)S(C)(=O)=O. The molecular weight excluding hydrogens is 294 g/mol. The van der Waals surface area contributed by atoms with Crippen LogP contribution in [0.4, 0.5) is 15.3 Å². The highest BCUT2D eigenvalue weighted by atomic mass is 35.5. The highest BCUT2D eigenvalue weighted by Gasteiger charge is 2.20. The summed E-state index contributed by atoms with van der Waals surface area (Å²) >= 11 is 5.67. The number of carbonyl (C=O) groups is 2. The van der Waals surface area contributed by atoms with Crippen LogP contribution in [0.2, 0.25) is 5.02 Å².